The molecule has 0 amide bonds. The van der Waals surface area contributed by atoms with Crippen molar-refractivity contribution >= 4 is 34.2 Å². The van der Waals surface area contributed by atoms with Gasteiger partial charge < -0.3 is 20.1 Å². The molecule has 0 radical (unpaired) electrons. The zero-order chi connectivity index (χ0) is 22.3. The van der Waals surface area contributed by atoms with Gasteiger partial charge in [-0.05, 0) is 31.2 Å². The van der Waals surface area contributed by atoms with Crippen LogP contribution in [0.3, 0.4) is 0 Å². The Bertz CT molecular complexity index is 1120. The summed E-state index contributed by atoms with van der Waals surface area (Å²) in [6.45, 7) is 3.50. The number of aromatic carboxylic acids is 1. The van der Waals surface area contributed by atoms with Gasteiger partial charge in [-0.1, -0.05) is 13.8 Å². The van der Waals surface area contributed by atoms with E-state index in [-0.39, 0.29) is 23.9 Å². The molecule has 3 rings (SSSR count). The standard InChI is InChI=1S/C19H20FN3O7/c1-8(2)5-13(19(27)28)21-14-12(20)6-10-15(16(14)23(29)30)22(9-3-4-9)7-11(17(10)24)18(25)26/h6-9,13,21H,3-5H2,1-2H3,(H,25,26)(H,27,28). The summed E-state index contributed by atoms with van der Waals surface area (Å²) in [6.07, 6.45) is 2.33. The highest BCUT2D eigenvalue weighted by molar-refractivity contribution is 5.99. The number of anilines is 1. The number of carboxylic acids is 2. The minimum Gasteiger partial charge on any atom is -0.480 e. The number of carbonyl (C=O) groups is 2. The molecule has 2 aromatic rings. The maximum atomic E-state index is 14.9. The van der Waals surface area contributed by atoms with Crippen molar-refractivity contribution in [2.45, 2.75) is 45.2 Å². The van der Waals surface area contributed by atoms with E-state index in [0.717, 1.165) is 12.3 Å². The van der Waals surface area contributed by atoms with Crippen LogP contribution in [-0.4, -0.2) is 37.7 Å². The van der Waals surface area contributed by atoms with Crippen LogP contribution in [-0.2, 0) is 4.79 Å². The number of nitro benzene ring substituents is 1. The van der Waals surface area contributed by atoms with Gasteiger partial charge in [0.2, 0.25) is 5.43 Å². The van der Waals surface area contributed by atoms with Crippen molar-refractivity contribution < 1.29 is 29.1 Å². The van der Waals surface area contributed by atoms with Gasteiger partial charge in [-0.3, -0.25) is 14.9 Å². The summed E-state index contributed by atoms with van der Waals surface area (Å²) in [6, 6.07) is -0.837. The molecule has 0 aliphatic heterocycles. The van der Waals surface area contributed by atoms with E-state index in [1.165, 1.54) is 4.57 Å². The molecule has 0 bridgehead atoms. The molecule has 1 saturated carbocycles. The van der Waals surface area contributed by atoms with Crippen LogP contribution < -0.4 is 10.7 Å². The van der Waals surface area contributed by atoms with Gasteiger partial charge in [-0.15, -0.1) is 0 Å². The molecule has 1 heterocycles. The topological polar surface area (TPSA) is 152 Å². The van der Waals surface area contributed by atoms with Crippen molar-refractivity contribution in [2.24, 2.45) is 5.92 Å². The smallest absolute Gasteiger partial charge is 0.341 e. The molecule has 1 aromatic heterocycles. The Labute approximate surface area is 169 Å². The lowest BCUT2D eigenvalue weighted by Crippen LogP contribution is -2.31. The van der Waals surface area contributed by atoms with Gasteiger partial charge in [-0.25, -0.2) is 14.0 Å². The van der Waals surface area contributed by atoms with E-state index < -0.39 is 56.5 Å². The Morgan fingerprint density at radius 2 is 2.00 bits per heavy atom. The van der Waals surface area contributed by atoms with Crippen molar-refractivity contribution in [1.29, 1.82) is 0 Å². The second-order valence-electron chi connectivity index (χ2n) is 7.72. The van der Waals surface area contributed by atoms with E-state index >= 15 is 0 Å². The number of hydrogen-bond acceptors (Lipinski definition) is 6. The number of fused-ring (bicyclic) bond motifs is 1. The lowest BCUT2D eigenvalue weighted by molar-refractivity contribution is -0.382. The highest BCUT2D eigenvalue weighted by Gasteiger charge is 2.35. The number of aromatic nitrogens is 1. The molecule has 1 atom stereocenters. The number of aliphatic carboxylic acids is 1. The number of hydrogen-bond donors (Lipinski definition) is 3. The minimum atomic E-state index is -1.52. The summed E-state index contributed by atoms with van der Waals surface area (Å²) in [7, 11) is 0. The number of halogens is 1. The third-order valence-electron chi connectivity index (χ3n) is 4.92. The van der Waals surface area contributed by atoms with Gasteiger partial charge in [0, 0.05) is 12.2 Å². The second-order valence-corrected chi connectivity index (χ2v) is 7.72. The molecule has 1 aliphatic carbocycles. The van der Waals surface area contributed by atoms with Gasteiger partial charge in [0.1, 0.15) is 17.1 Å². The van der Waals surface area contributed by atoms with Crippen molar-refractivity contribution in [1.82, 2.24) is 4.57 Å². The predicted octanol–water partition coefficient (Wildman–Crippen LogP) is 2.99. The largest absolute Gasteiger partial charge is 0.480 e. The molecule has 11 heteroatoms. The molecule has 10 nitrogen and oxygen atoms in total. The molecule has 0 spiro atoms. The molecular formula is C19H20FN3O7. The molecule has 160 valence electrons. The fourth-order valence-electron chi connectivity index (χ4n) is 3.44. The Balaban J connectivity index is 2.35. The van der Waals surface area contributed by atoms with Gasteiger partial charge in [0.05, 0.1) is 10.3 Å². The van der Waals surface area contributed by atoms with E-state index in [4.69, 9.17) is 0 Å². The highest BCUT2D eigenvalue weighted by Crippen LogP contribution is 2.42. The van der Waals surface area contributed by atoms with Crippen LogP contribution in [0.5, 0.6) is 0 Å². The molecule has 1 aromatic carbocycles. The fraction of sp³-hybridized carbons (Fsp3) is 0.421. The molecular weight excluding hydrogens is 401 g/mol. The van der Waals surface area contributed by atoms with Crippen LogP contribution in [0.25, 0.3) is 10.9 Å². The number of pyridine rings is 1. The molecule has 30 heavy (non-hydrogen) atoms. The van der Waals surface area contributed by atoms with Crippen molar-refractivity contribution in [3.63, 3.8) is 0 Å². The zero-order valence-corrected chi connectivity index (χ0v) is 16.2. The van der Waals surface area contributed by atoms with E-state index in [0.29, 0.717) is 12.8 Å². The van der Waals surface area contributed by atoms with Gasteiger partial charge >= 0.3 is 17.6 Å². The first-order valence-corrected chi connectivity index (χ1v) is 9.31. The first-order valence-electron chi connectivity index (χ1n) is 9.31. The van der Waals surface area contributed by atoms with E-state index in [1.54, 1.807) is 13.8 Å². The number of nitro groups is 1. The quantitative estimate of drug-likeness (QED) is 0.434. The number of benzene rings is 1. The summed E-state index contributed by atoms with van der Waals surface area (Å²) in [4.78, 5) is 46.6. The number of nitrogens with zero attached hydrogens (tertiary/aromatic N) is 2. The summed E-state index contributed by atoms with van der Waals surface area (Å²) in [5, 5.41) is 32.6. The predicted molar refractivity (Wildman–Crippen MR) is 105 cm³/mol. The molecule has 3 N–H and O–H groups in total. The first kappa shape index (κ1) is 21.2. The van der Waals surface area contributed by atoms with Crippen molar-refractivity contribution in [2.75, 3.05) is 5.32 Å². The van der Waals surface area contributed by atoms with Crippen LogP contribution in [0.1, 0.15) is 49.5 Å². The Kier molecular flexibility index (Phi) is 5.47. The fourth-order valence-corrected chi connectivity index (χ4v) is 3.44. The third-order valence-corrected chi connectivity index (χ3v) is 4.92. The SMILES string of the molecule is CC(C)CC(Nc1c(F)cc2c(=O)c(C(=O)O)cn(C3CC3)c2c1[N+](=O)[O-])C(=O)O. The Morgan fingerprint density at radius 1 is 1.37 bits per heavy atom. The molecule has 1 aliphatic rings. The van der Waals surface area contributed by atoms with Gasteiger partial charge in [0.25, 0.3) is 0 Å². The van der Waals surface area contributed by atoms with Crippen LogP contribution in [0.4, 0.5) is 15.8 Å². The Hall–Kier alpha value is -3.50. The van der Waals surface area contributed by atoms with Crippen LogP contribution >= 0.6 is 0 Å². The van der Waals surface area contributed by atoms with Crippen LogP contribution in [0.2, 0.25) is 0 Å². The summed E-state index contributed by atoms with van der Waals surface area (Å²) < 4.78 is 16.2. The van der Waals surface area contributed by atoms with Gasteiger partial charge in [-0.2, -0.15) is 0 Å². The van der Waals surface area contributed by atoms with Crippen LogP contribution in [0.15, 0.2) is 17.1 Å². The first-order chi connectivity index (χ1) is 14.0. The normalized spacial score (nSPS) is 14.7. The summed E-state index contributed by atoms with van der Waals surface area (Å²) in [5.41, 5.74) is -3.32. The lowest BCUT2D eigenvalue weighted by Gasteiger charge is -2.20. The average molecular weight is 421 g/mol. The van der Waals surface area contributed by atoms with Crippen molar-refractivity contribution in [3.05, 3.63) is 44.0 Å². The van der Waals surface area contributed by atoms with Crippen LogP contribution in [0, 0.1) is 21.8 Å². The summed E-state index contributed by atoms with van der Waals surface area (Å²) in [5.74, 6) is -4.13. The van der Waals surface area contributed by atoms with E-state index in [1.807, 2.05) is 0 Å². The third kappa shape index (κ3) is 3.82. The average Bonchev–Trinajstić information content (AvgIpc) is 3.46. The number of nitrogens with one attached hydrogen (secondary N) is 1. The molecule has 1 fully saturated rings. The van der Waals surface area contributed by atoms with E-state index in [2.05, 4.69) is 5.32 Å². The monoisotopic (exact) mass is 421 g/mol. The number of carboxylic acid groups (broad SMARTS) is 2. The lowest BCUT2D eigenvalue weighted by atomic mass is 10.0. The zero-order valence-electron chi connectivity index (χ0n) is 16.2. The maximum absolute atomic E-state index is 14.9. The number of rotatable bonds is 8. The second kappa shape index (κ2) is 7.73. The van der Waals surface area contributed by atoms with Gasteiger partial charge in [0.15, 0.2) is 11.5 Å². The Morgan fingerprint density at radius 3 is 2.47 bits per heavy atom. The molecule has 0 saturated heterocycles. The van der Waals surface area contributed by atoms with E-state index in [9.17, 15) is 39.1 Å². The van der Waals surface area contributed by atoms with Crippen molar-refractivity contribution in [3.8, 4) is 0 Å². The maximum Gasteiger partial charge on any atom is 0.341 e. The highest BCUT2D eigenvalue weighted by atomic mass is 19.1. The summed E-state index contributed by atoms with van der Waals surface area (Å²) >= 11 is 0. The molecule has 1 unspecified atom stereocenters. The minimum absolute atomic E-state index is 0.0807.